The van der Waals surface area contributed by atoms with E-state index in [4.69, 9.17) is 21.9 Å². The van der Waals surface area contributed by atoms with E-state index in [1.54, 1.807) is 0 Å². The number of allylic oxidation sites excluding steroid dienone is 1. The van der Waals surface area contributed by atoms with E-state index in [2.05, 4.69) is 10.2 Å². The van der Waals surface area contributed by atoms with Gasteiger partial charge < -0.3 is 32.2 Å². The first-order valence-corrected chi connectivity index (χ1v) is 10.1. The first-order valence-electron chi connectivity index (χ1n) is 10.1. The molecule has 2 aromatic carbocycles. The molecule has 2 unspecified atom stereocenters. The lowest BCUT2D eigenvalue weighted by atomic mass is 10.1. The van der Waals surface area contributed by atoms with Gasteiger partial charge in [-0.05, 0) is 36.6 Å². The quantitative estimate of drug-likeness (QED) is 0.563. The van der Waals surface area contributed by atoms with Crippen molar-refractivity contribution in [3.63, 3.8) is 0 Å². The Balaban J connectivity index is 1.55. The second-order valence-electron chi connectivity index (χ2n) is 7.75. The fourth-order valence-corrected chi connectivity index (χ4v) is 4.14. The predicted molar refractivity (Wildman–Crippen MR) is 116 cm³/mol. The third-order valence-electron chi connectivity index (χ3n) is 5.58. The molecular formula is C23H29N5O. The van der Waals surface area contributed by atoms with Crippen LogP contribution in [0.15, 0.2) is 72.2 Å². The number of benzene rings is 2. The molecule has 2 aromatic rings. The van der Waals surface area contributed by atoms with Gasteiger partial charge >= 0.3 is 0 Å². The molecule has 0 spiro atoms. The van der Waals surface area contributed by atoms with Crippen LogP contribution in [0.1, 0.15) is 24.0 Å². The lowest BCUT2D eigenvalue weighted by Crippen LogP contribution is -2.51. The van der Waals surface area contributed by atoms with Crippen LogP contribution in [0.5, 0.6) is 5.75 Å². The van der Waals surface area contributed by atoms with E-state index in [1.807, 2.05) is 60.7 Å². The summed E-state index contributed by atoms with van der Waals surface area (Å²) in [7, 11) is 0. The number of nitrogens with zero attached hydrogens (tertiary/aromatic N) is 1. The zero-order valence-corrected chi connectivity index (χ0v) is 16.6. The molecule has 4 rings (SSSR count). The molecule has 0 radical (unpaired) electrons. The van der Waals surface area contributed by atoms with Gasteiger partial charge in [0.1, 0.15) is 18.2 Å². The average molecular weight is 392 g/mol. The first kappa shape index (κ1) is 19.2. The second kappa shape index (κ2) is 8.49. The molecule has 7 N–H and O–H groups in total. The van der Waals surface area contributed by atoms with Crippen LogP contribution in [-0.2, 0) is 6.61 Å². The molecule has 2 aliphatic heterocycles. The highest BCUT2D eigenvalue weighted by Crippen LogP contribution is 2.28. The summed E-state index contributed by atoms with van der Waals surface area (Å²) in [4.78, 5) is 2.24. The normalized spacial score (nSPS) is 21.1. The number of likely N-dealkylation sites (tertiary alicyclic amines) is 1. The highest BCUT2D eigenvalue weighted by atomic mass is 16.5. The molecule has 6 nitrogen and oxygen atoms in total. The summed E-state index contributed by atoms with van der Waals surface area (Å²) < 4.78 is 6.05. The van der Waals surface area contributed by atoms with Crippen molar-refractivity contribution in [2.45, 2.75) is 31.5 Å². The van der Waals surface area contributed by atoms with Crippen molar-refractivity contribution in [1.82, 2.24) is 10.2 Å². The van der Waals surface area contributed by atoms with E-state index in [0.717, 1.165) is 35.7 Å². The third-order valence-corrected chi connectivity index (χ3v) is 5.58. The molecule has 29 heavy (non-hydrogen) atoms. The van der Waals surface area contributed by atoms with Crippen LogP contribution in [0.4, 0.5) is 0 Å². The average Bonchev–Trinajstić information content (AvgIpc) is 3.08. The van der Waals surface area contributed by atoms with Gasteiger partial charge in [-0.2, -0.15) is 0 Å². The molecule has 2 saturated heterocycles. The number of fused-ring (bicyclic) bond motifs is 2. The minimum atomic E-state index is 0.289. The molecule has 0 amide bonds. The van der Waals surface area contributed by atoms with Crippen molar-refractivity contribution in [3.8, 4) is 5.75 Å². The van der Waals surface area contributed by atoms with Gasteiger partial charge in [-0.25, -0.2) is 0 Å². The number of piperazine rings is 1. The van der Waals surface area contributed by atoms with Gasteiger partial charge in [-0.15, -0.1) is 0 Å². The zero-order valence-electron chi connectivity index (χ0n) is 16.6. The van der Waals surface area contributed by atoms with Gasteiger partial charge in [0, 0.05) is 36.4 Å². The Labute approximate surface area is 172 Å². The Morgan fingerprint density at radius 2 is 1.62 bits per heavy atom. The van der Waals surface area contributed by atoms with Crippen LogP contribution >= 0.6 is 0 Å². The number of rotatable bonds is 6. The lowest BCUT2D eigenvalue weighted by molar-refractivity contribution is 0.247. The van der Waals surface area contributed by atoms with Gasteiger partial charge in [-0.1, -0.05) is 42.5 Å². The molecule has 6 heteroatoms. The summed E-state index contributed by atoms with van der Waals surface area (Å²) in [5.41, 5.74) is 21.9. The molecule has 2 bridgehead atoms. The molecular weight excluding hydrogens is 362 g/mol. The first-order chi connectivity index (χ1) is 14.1. The Bertz CT molecular complexity index is 892. The number of nitrogens with one attached hydrogen (secondary N) is 1. The summed E-state index contributed by atoms with van der Waals surface area (Å²) in [5.74, 6) is 1.03. The van der Waals surface area contributed by atoms with Gasteiger partial charge in [0.15, 0.2) is 0 Å². The van der Waals surface area contributed by atoms with Crippen molar-refractivity contribution in [2.24, 2.45) is 17.2 Å². The maximum atomic E-state index is 6.49. The van der Waals surface area contributed by atoms with Crippen molar-refractivity contribution in [2.75, 3.05) is 13.1 Å². The van der Waals surface area contributed by atoms with Crippen LogP contribution in [0.2, 0.25) is 0 Å². The minimum Gasteiger partial charge on any atom is -0.488 e. The Morgan fingerprint density at radius 1 is 0.966 bits per heavy atom. The second-order valence-corrected chi connectivity index (χ2v) is 7.75. The third kappa shape index (κ3) is 4.49. The van der Waals surface area contributed by atoms with Crippen LogP contribution in [0.25, 0.3) is 5.70 Å². The standard InChI is InChI=1S/C23H29N5O/c24-20(12-21(23(25)26)28-13-17-10-11-18(14-28)27-17)19-8-4-5-9-22(19)29-15-16-6-2-1-3-7-16/h1-9,12,17-18,27H,10-11,13-15,24-26H2/b20-12-. The highest BCUT2D eigenvalue weighted by Gasteiger charge is 2.33. The molecule has 2 aliphatic rings. The molecule has 2 heterocycles. The summed E-state index contributed by atoms with van der Waals surface area (Å²) in [6, 6.07) is 18.8. The van der Waals surface area contributed by atoms with Crippen molar-refractivity contribution >= 4 is 5.70 Å². The summed E-state index contributed by atoms with van der Waals surface area (Å²) >= 11 is 0. The summed E-state index contributed by atoms with van der Waals surface area (Å²) in [6.07, 6.45) is 4.26. The molecule has 0 aromatic heterocycles. The SMILES string of the molecule is NC(N)=C(/C=C(\N)c1ccccc1OCc1ccccc1)N1CC2CCC(C1)N2. The highest BCUT2D eigenvalue weighted by molar-refractivity contribution is 5.70. The molecule has 152 valence electrons. The largest absolute Gasteiger partial charge is 0.488 e. The number of nitrogens with two attached hydrogens (primary N) is 3. The molecule has 0 saturated carbocycles. The van der Waals surface area contributed by atoms with Crippen molar-refractivity contribution in [3.05, 3.63) is 83.3 Å². The minimum absolute atomic E-state index is 0.289. The van der Waals surface area contributed by atoms with Crippen LogP contribution in [0.3, 0.4) is 0 Å². The van der Waals surface area contributed by atoms with E-state index >= 15 is 0 Å². The van der Waals surface area contributed by atoms with Gasteiger partial charge in [0.25, 0.3) is 0 Å². The number of hydrogen-bond acceptors (Lipinski definition) is 6. The number of para-hydroxylation sites is 1. The van der Waals surface area contributed by atoms with E-state index < -0.39 is 0 Å². The fraction of sp³-hybridized carbons (Fsp3) is 0.304. The van der Waals surface area contributed by atoms with Gasteiger partial charge in [0.2, 0.25) is 0 Å². The molecule has 0 aliphatic carbocycles. The topological polar surface area (TPSA) is 103 Å². The Hall–Kier alpha value is -3.12. The van der Waals surface area contributed by atoms with E-state index in [-0.39, 0.29) is 5.82 Å². The summed E-state index contributed by atoms with van der Waals surface area (Å²) in [6.45, 7) is 2.26. The lowest BCUT2D eigenvalue weighted by Gasteiger charge is -2.35. The van der Waals surface area contributed by atoms with Crippen LogP contribution in [0, 0.1) is 0 Å². The molecule has 2 atom stereocenters. The van der Waals surface area contributed by atoms with E-state index in [1.165, 1.54) is 12.8 Å². The Kier molecular flexibility index (Phi) is 5.62. The fourth-order valence-electron chi connectivity index (χ4n) is 4.14. The van der Waals surface area contributed by atoms with E-state index in [9.17, 15) is 0 Å². The summed E-state index contributed by atoms with van der Waals surface area (Å²) in [5, 5.41) is 3.62. The van der Waals surface area contributed by atoms with Crippen molar-refractivity contribution in [1.29, 1.82) is 0 Å². The Morgan fingerprint density at radius 3 is 2.31 bits per heavy atom. The van der Waals surface area contributed by atoms with Gasteiger partial charge in [-0.3, -0.25) is 0 Å². The van der Waals surface area contributed by atoms with Crippen LogP contribution < -0.4 is 27.3 Å². The van der Waals surface area contributed by atoms with Crippen molar-refractivity contribution < 1.29 is 4.74 Å². The monoisotopic (exact) mass is 391 g/mol. The number of ether oxygens (including phenoxy) is 1. The van der Waals surface area contributed by atoms with E-state index in [0.29, 0.717) is 24.4 Å². The zero-order chi connectivity index (χ0) is 20.2. The molecule has 2 fully saturated rings. The number of hydrogen-bond donors (Lipinski definition) is 4. The maximum absolute atomic E-state index is 6.49. The van der Waals surface area contributed by atoms with Crippen LogP contribution in [-0.4, -0.2) is 30.1 Å². The smallest absolute Gasteiger partial charge is 0.129 e. The predicted octanol–water partition coefficient (Wildman–Crippen LogP) is 2.09. The maximum Gasteiger partial charge on any atom is 0.129 e. The van der Waals surface area contributed by atoms with Gasteiger partial charge in [0.05, 0.1) is 5.70 Å².